The van der Waals surface area contributed by atoms with Crippen LogP contribution in [-0.4, -0.2) is 15.0 Å². The Morgan fingerprint density at radius 3 is 3.07 bits per heavy atom. The Labute approximate surface area is 91.7 Å². The molecule has 0 saturated carbocycles. The Morgan fingerprint density at radius 2 is 2.53 bits per heavy atom. The molecule has 2 aromatic rings. The maximum absolute atomic E-state index is 5.49. The first kappa shape index (κ1) is 10.3. The van der Waals surface area contributed by atoms with Crippen LogP contribution in [0.4, 0.5) is 0 Å². The standard InChI is InChI=1S/C9H13N5S/c1-6-5-15-8(13-6)4-7(14-10)9-11-2-3-12-9/h2-3,5,7,14H,4,10H2,1H3,(H,11,12). The highest BCUT2D eigenvalue weighted by molar-refractivity contribution is 7.09. The molecule has 15 heavy (non-hydrogen) atoms. The lowest BCUT2D eigenvalue weighted by Gasteiger charge is -2.10. The lowest BCUT2D eigenvalue weighted by Crippen LogP contribution is -2.30. The van der Waals surface area contributed by atoms with Crippen molar-refractivity contribution < 1.29 is 0 Å². The molecule has 1 atom stereocenters. The maximum Gasteiger partial charge on any atom is 0.125 e. The van der Waals surface area contributed by atoms with E-state index < -0.39 is 0 Å². The summed E-state index contributed by atoms with van der Waals surface area (Å²) in [5, 5.41) is 3.09. The maximum atomic E-state index is 5.49. The monoisotopic (exact) mass is 223 g/mol. The Balaban J connectivity index is 2.09. The second-order valence-corrected chi connectivity index (χ2v) is 4.22. The van der Waals surface area contributed by atoms with Gasteiger partial charge in [0.15, 0.2) is 0 Å². The van der Waals surface area contributed by atoms with Crippen LogP contribution in [-0.2, 0) is 6.42 Å². The van der Waals surface area contributed by atoms with Gasteiger partial charge in [0, 0.05) is 29.9 Å². The largest absolute Gasteiger partial charge is 0.347 e. The van der Waals surface area contributed by atoms with Gasteiger partial charge < -0.3 is 4.98 Å². The fraction of sp³-hybridized carbons (Fsp3) is 0.333. The number of imidazole rings is 1. The molecule has 0 spiro atoms. The molecule has 0 aliphatic carbocycles. The average Bonchev–Trinajstić information content (AvgIpc) is 2.85. The Morgan fingerprint density at radius 1 is 1.67 bits per heavy atom. The van der Waals surface area contributed by atoms with Gasteiger partial charge in [-0.2, -0.15) is 0 Å². The highest BCUT2D eigenvalue weighted by atomic mass is 32.1. The second-order valence-electron chi connectivity index (χ2n) is 3.28. The lowest BCUT2D eigenvalue weighted by molar-refractivity contribution is 0.526. The van der Waals surface area contributed by atoms with Gasteiger partial charge in [0.25, 0.3) is 0 Å². The molecule has 2 rings (SSSR count). The van der Waals surface area contributed by atoms with Crippen molar-refractivity contribution >= 4 is 11.3 Å². The van der Waals surface area contributed by atoms with Gasteiger partial charge in [0.2, 0.25) is 0 Å². The van der Waals surface area contributed by atoms with Gasteiger partial charge >= 0.3 is 0 Å². The van der Waals surface area contributed by atoms with Crippen LogP contribution in [0.3, 0.4) is 0 Å². The van der Waals surface area contributed by atoms with Crippen LogP contribution in [0.25, 0.3) is 0 Å². The van der Waals surface area contributed by atoms with Crippen LogP contribution < -0.4 is 11.3 Å². The van der Waals surface area contributed by atoms with Crippen molar-refractivity contribution in [2.75, 3.05) is 0 Å². The molecule has 6 heteroatoms. The molecule has 0 aliphatic rings. The summed E-state index contributed by atoms with van der Waals surface area (Å²) in [6.07, 6.45) is 4.25. The lowest BCUT2D eigenvalue weighted by atomic mass is 10.2. The first-order valence-corrected chi connectivity index (χ1v) is 5.54. The predicted octanol–water partition coefficient (Wildman–Crippen LogP) is 0.922. The smallest absolute Gasteiger partial charge is 0.125 e. The van der Waals surface area contributed by atoms with Crippen LogP contribution in [0.1, 0.15) is 22.6 Å². The van der Waals surface area contributed by atoms with Gasteiger partial charge in [-0.1, -0.05) is 0 Å². The van der Waals surface area contributed by atoms with E-state index in [1.807, 2.05) is 12.3 Å². The van der Waals surface area contributed by atoms with Gasteiger partial charge in [0.05, 0.1) is 11.0 Å². The molecule has 4 N–H and O–H groups in total. The number of H-pyrrole nitrogens is 1. The van der Waals surface area contributed by atoms with E-state index in [0.29, 0.717) is 0 Å². The van der Waals surface area contributed by atoms with Crippen molar-refractivity contribution in [2.45, 2.75) is 19.4 Å². The van der Waals surface area contributed by atoms with Crippen LogP contribution >= 0.6 is 11.3 Å². The third-order valence-electron chi connectivity index (χ3n) is 2.10. The molecule has 5 nitrogen and oxygen atoms in total. The summed E-state index contributed by atoms with van der Waals surface area (Å²) in [7, 11) is 0. The van der Waals surface area contributed by atoms with Crippen molar-refractivity contribution in [3.8, 4) is 0 Å². The number of hydrogen-bond donors (Lipinski definition) is 3. The van der Waals surface area contributed by atoms with E-state index in [4.69, 9.17) is 5.84 Å². The number of nitrogens with one attached hydrogen (secondary N) is 2. The van der Waals surface area contributed by atoms with Gasteiger partial charge in [-0.3, -0.25) is 5.84 Å². The number of aromatic amines is 1. The molecular formula is C9H13N5S. The summed E-state index contributed by atoms with van der Waals surface area (Å²) in [6, 6.07) is -0.00875. The third kappa shape index (κ3) is 2.41. The summed E-state index contributed by atoms with van der Waals surface area (Å²) in [5.41, 5.74) is 3.78. The number of aryl methyl sites for hydroxylation is 1. The molecule has 1 unspecified atom stereocenters. The Kier molecular flexibility index (Phi) is 3.10. The van der Waals surface area contributed by atoms with E-state index in [1.54, 1.807) is 23.7 Å². The zero-order chi connectivity index (χ0) is 10.7. The van der Waals surface area contributed by atoms with E-state index in [2.05, 4.69) is 20.4 Å². The number of aromatic nitrogens is 3. The minimum absolute atomic E-state index is 0.00875. The highest BCUT2D eigenvalue weighted by Gasteiger charge is 2.14. The number of nitrogens with two attached hydrogens (primary N) is 1. The zero-order valence-electron chi connectivity index (χ0n) is 8.40. The summed E-state index contributed by atoms with van der Waals surface area (Å²) in [6.45, 7) is 1.98. The highest BCUT2D eigenvalue weighted by Crippen LogP contribution is 2.17. The molecule has 0 radical (unpaired) electrons. The van der Waals surface area contributed by atoms with Crippen LogP contribution in [0.5, 0.6) is 0 Å². The van der Waals surface area contributed by atoms with E-state index in [-0.39, 0.29) is 6.04 Å². The van der Waals surface area contributed by atoms with Crippen molar-refractivity contribution in [1.29, 1.82) is 0 Å². The van der Waals surface area contributed by atoms with Crippen LogP contribution in [0.2, 0.25) is 0 Å². The number of hydrogen-bond acceptors (Lipinski definition) is 5. The second kappa shape index (κ2) is 4.52. The van der Waals surface area contributed by atoms with E-state index in [1.165, 1.54) is 0 Å². The normalized spacial score (nSPS) is 12.9. The van der Waals surface area contributed by atoms with Crippen molar-refractivity contribution in [1.82, 2.24) is 20.4 Å². The Hall–Kier alpha value is -1.24. The summed E-state index contributed by atoms with van der Waals surface area (Å²) >= 11 is 1.64. The zero-order valence-corrected chi connectivity index (χ0v) is 9.21. The van der Waals surface area contributed by atoms with Crippen molar-refractivity contribution in [3.05, 3.63) is 34.3 Å². The van der Waals surface area contributed by atoms with Crippen LogP contribution in [0.15, 0.2) is 17.8 Å². The number of thiazole rings is 1. The molecule has 0 aromatic carbocycles. The molecule has 2 heterocycles. The molecule has 0 amide bonds. The van der Waals surface area contributed by atoms with Crippen LogP contribution in [0, 0.1) is 6.92 Å². The van der Waals surface area contributed by atoms with Crippen molar-refractivity contribution in [3.63, 3.8) is 0 Å². The Bertz CT molecular complexity index is 408. The summed E-state index contributed by atoms with van der Waals surface area (Å²) in [4.78, 5) is 11.6. The van der Waals surface area contributed by atoms with E-state index in [9.17, 15) is 0 Å². The van der Waals surface area contributed by atoms with Gasteiger partial charge in [-0.15, -0.1) is 11.3 Å². The molecule has 0 aliphatic heterocycles. The minimum atomic E-state index is -0.00875. The third-order valence-corrected chi connectivity index (χ3v) is 3.08. The average molecular weight is 223 g/mol. The fourth-order valence-corrected chi connectivity index (χ4v) is 2.19. The number of rotatable bonds is 4. The van der Waals surface area contributed by atoms with Gasteiger partial charge in [-0.05, 0) is 6.92 Å². The first-order valence-electron chi connectivity index (χ1n) is 4.66. The molecule has 0 bridgehead atoms. The van der Waals surface area contributed by atoms with Crippen molar-refractivity contribution in [2.24, 2.45) is 5.84 Å². The van der Waals surface area contributed by atoms with E-state index >= 15 is 0 Å². The molecule has 80 valence electrons. The SMILES string of the molecule is Cc1csc(CC(NN)c2ncc[nH]2)n1. The molecule has 0 fully saturated rings. The predicted molar refractivity (Wildman–Crippen MR) is 59.2 cm³/mol. The molecule has 0 saturated heterocycles. The van der Waals surface area contributed by atoms with Gasteiger partial charge in [-0.25, -0.2) is 15.4 Å². The number of nitrogens with zero attached hydrogens (tertiary/aromatic N) is 2. The minimum Gasteiger partial charge on any atom is -0.347 e. The first-order chi connectivity index (χ1) is 7.29. The van der Waals surface area contributed by atoms with E-state index in [0.717, 1.165) is 22.9 Å². The van der Waals surface area contributed by atoms with Gasteiger partial charge in [0.1, 0.15) is 5.82 Å². The number of hydrazine groups is 1. The summed E-state index contributed by atoms with van der Waals surface area (Å²) in [5.74, 6) is 6.32. The topological polar surface area (TPSA) is 79.6 Å². The quantitative estimate of drug-likeness (QED) is 0.532. The summed E-state index contributed by atoms with van der Waals surface area (Å²) < 4.78 is 0. The molecule has 2 aromatic heterocycles. The fourth-order valence-electron chi connectivity index (χ4n) is 1.37. The molecular weight excluding hydrogens is 210 g/mol.